The number of aliphatic hydroxyl groups excluding tert-OH is 1. The van der Waals surface area contributed by atoms with E-state index < -0.39 is 33.7 Å². The van der Waals surface area contributed by atoms with Crippen LogP contribution in [0.3, 0.4) is 0 Å². The van der Waals surface area contributed by atoms with E-state index >= 15 is 0 Å². The summed E-state index contributed by atoms with van der Waals surface area (Å²) < 4.78 is 0. The summed E-state index contributed by atoms with van der Waals surface area (Å²) in [6.45, 7) is 19.5. The zero-order valence-electron chi connectivity index (χ0n) is 23.6. The van der Waals surface area contributed by atoms with Crippen molar-refractivity contribution in [2.75, 3.05) is 0 Å². The highest BCUT2D eigenvalue weighted by molar-refractivity contribution is 6.33. The molecule has 0 spiro atoms. The van der Waals surface area contributed by atoms with Gasteiger partial charge in [0.25, 0.3) is 0 Å². The Morgan fingerprint density at radius 2 is 1.54 bits per heavy atom. The molecule has 0 saturated heterocycles. The van der Waals surface area contributed by atoms with Crippen LogP contribution in [-0.4, -0.2) is 22.5 Å². The van der Waals surface area contributed by atoms with Gasteiger partial charge in [0.1, 0.15) is 5.76 Å². The van der Waals surface area contributed by atoms with Crippen LogP contribution in [-0.2, 0) is 14.4 Å². The minimum absolute atomic E-state index is 0.118. The van der Waals surface area contributed by atoms with Crippen LogP contribution in [0.25, 0.3) is 0 Å². The molecule has 0 aromatic rings. The molecule has 0 radical (unpaired) electrons. The predicted octanol–water partition coefficient (Wildman–Crippen LogP) is 7.65. The van der Waals surface area contributed by atoms with Crippen molar-refractivity contribution in [3.05, 3.63) is 46.3 Å². The van der Waals surface area contributed by atoms with E-state index in [0.29, 0.717) is 25.7 Å². The molecule has 2 aliphatic rings. The Morgan fingerprint density at radius 1 is 1.00 bits per heavy atom. The van der Waals surface area contributed by atoms with Crippen LogP contribution in [0.2, 0.25) is 0 Å². The molecule has 4 nitrogen and oxygen atoms in total. The van der Waals surface area contributed by atoms with Crippen molar-refractivity contribution in [1.82, 2.24) is 0 Å². The summed E-state index contributed by atoms with van der Waals surface area (Å²) in [6, 6.07) is 0. The Bertz CT molecular complexity index is 1010. The molecule has 0 aromatic carbocycles. The average molecular weight is 483 g/mol. The lowest BCUT2D eigenvalue weighted by atomic mass is 9.39. The van der Waals surface area contributed by atoms with Gasteiger partial charge in [-0.25, -0.2) is 0 Å². The molecule has 1 N–H and O–H groups in total. The van der Waals surface area contributed by atoms with Crippen LogP contribution < -0.4 is 0 Å². The second kappa shape index (κ2) is 10.4. The fourth-order valence-electron chi connectivity index (χ4n) is 5.95. The number of hydrogen-bond donors (Lipinski definition) is 1. The van der Waals surface area contributed by atoms with Gasteiger partial charge in [-0.15, -0.1) is 0 Å². The topological polar surface area (TPSA) is 71.4 Å². The Kier molecular flexibility index (Phi) is 8.62. The second-order valence-corrected chi connectivity index (χ2v) is 12.1. The van der Waals surface area contributed by atoms with Gasteiger partial charge in [-0.2, -0.15) is 0 Å². The Balaban J connectivity index is 3.02. The van der Waals surface area contributed by atoms with Crippen molar-refractivity contribution in [2.24, 2.45) is 28.1 Å². The summed E-state index contributed by atoms with van der Waals surface area (Å²) in [7, 11) is 0. The van der Waals surface area contributed by atoms with Crippen LogP contribution >= 0.6 is 0 Å². The molecule has 0 heterocycles. The van der Waals surface area contributed by atoms with Gasteiger partial charge >= 0.3 is 0 Å². The standard InChI is InChI=1S/C31H46O4/c1-11-22(8)25(32)31-27(34)24(15-13-20(4)5)26(33)30(28(31)35,17-16-21(6)7)18-23(29(31,9)10)14-12-19(2)3/h12-13,16,22-23,33H,11,14-15,17-18H2,1-10H3/t22?,23-,30+,31-/m0/s1. The van der Waals surface area contributed by atoms with E-state index in [4.69, 9.17) is 0 Å². The third kappa shape index (κ3) is 4.66. The highest BCUT2D eigenvalue weighted by Gasteiger charge is 2.75. The number of carbonyl (C=O) groups excluding carboxylic acids is 3. The van der Waals surface area contributed by atoms with Crippen molar-refractivity contribution in [3.8, 4) is 0 Å². The van der Waals surface area contributed by atoms with Crippen LogP contribution in [0.1, 0.15) is 101 Å². The van der Waals surface area contributed by atoms with E-state index in [0.717, 1.165) is 16.7 Å². The first-order chi connectivity index (χ1) is 16.1. The number of Topliss-reactive ketones (excluding diaryl/α,β-unsaturated/α-hetero) is 3. The summed E-state index contributed by atoms with van der Waals surface area (Å²) in [6.07, 6.45) is 8.14. The zero-order chi connectivity index (χ0) is 26.9. The molecule has 1 fully saturated rings. The Morgan fingerprint density at radius 3 is 2.03 bits per heavy atom. The molecule has 4 heteroatoms. The Hall–Kier alpha value is -2.23. The SMILES string of the molecule is CCC(C)C(=O)[C@@]12C(=O)C(CC=C(C)C)=C(O)[C@@](CC=C(C)C)(C[C@H](CC=C(C)C)C1(C)C)C2=O. The maximum atomic E-state index is 14.6. The molecule has 1 unspecified atom stereocenters. The maximum Gasteiger partial charge on any atom is 0.184 e. The van der Waals surface area contributed by atoms with Crippen LogP contribution in [0.15, 0.2) is 46.3 Å². The molecule has 4 atom stereocenters. The van der Waals surface area contributed by atoms with E-state index in [-0.39, 0.29) is 29.5 Å². The molecular weight excluding hydrogens is 436 g/mol. The highest BCUT2D eigenvalue weighted by Crippen LogP contribution is 2.66. The molecule has 0 amide bonds. The van der Waals surface area contributed by atoms with Crippen LogP contribution in [0.4, 0.5) is 0 Å². The van der Waals surface area contributed by atoms with Gasteiger partial charge in [-0.05, 0) is 85.0 Å². The van der Waals surface area contributed by atoms with E-state index in [9.17, 15) is 19.5 Å². The minimum atomic E-state index is -1.80. The molecular formula is C31H46O4. The molecule has 1 saturated carbocycles. The van der Waals surface area contributed by atoms with E-state index in [1.165, 1.54) is 0 Å². The third-order valence-electron chi connectivity index (χ3n) is 8.52. The van der Waals surface area contributed by atoms with Crippen molar-refractivity contribution in [3.63, 3.8) is 0 Å². The Labute approximate surface area is 212 Å². The van der Waals surface area contributed by atoms with Crippen LogP contribution in [0.5, 0.6) is 0 Å². The molecule has 0 aromatic heterocycles. The summed E-state index contributed by atoms with van der Waals surface area (Å²) in [5.74, 6) is -1.84. The van der Waals surface area contributed by atoms with E-state index in [1.54, 1.807) is 0 Å². The van der Waals surface area contributed by atoms with Gasteiger partial charge in [-0.3, -0.25) is 14.4 Å². The van der Waals surface area contributed by atoms with Crippen LogP contribution in [0, 0.1) is 28.1 Å². The van der Waals surface area contributed by atoms with E-state index in [2.05, 4.69) is 6.08 Å². The third-order valence-corrected chi connectivity index (χ3v) is 8.52. The summed E-state index contributed by atoms with van der Waals surface area (Å²) >= 11 is 0. The molecule has 2 aliphatic carbocycles. The number of rotatable bonds is 9. The predicted molar refractivity (Wildman–Crippen MR) is 143 cm³/mol. The average Bonchev–Trinajstić information content (AvgIpc) is 2.76. The minimum Gasteiger partial charge on any atom is -0.511 e. The number of allylic oxidation sites excluding steroid dienone is 8. The quantitative estimate of drug-likeness (QED) is 0.270. The first kappa shape index (κ1) is 29.0. The number of carbonyl (C=O) groups is 3. The molecule has 0 aliphatic heterocycles. The molecule has 2 bridgehead atoms. The molecule has 35 heavy (non-hydrogen) atoms. The van der Waals surface area contributed by atoms with Crippen molar-refractivity contribution >= 4 is 17.3 Å². The number of aliphatic hydroxyl groups is 1. The second-order valence-electron chi connectivity index (χ2n) is 12.1. The molecule has 194 valence electrons. The van der Waals surface area contributed by atoms with E-state index in [1.807, 2.05) is 81.4 Å². The highest BCUT2D eigenvalue weighted by atomic mass is 16.3. The van der Waals surface area contributed by atoms with Gasteiger partial charge in [0.2, 0.25) is 0 Å². The lowest BCUT2D eigenvalue weighted by molar-refractivity contribution is -0.178. The van der Waals surface area contributed by atoms with Crippen molar-refractivity contribution in [1.29, 1.82) is 0 Å². The largest absolute Gasteiger partial charge is 0.511 e. The smallest absolute Gasteiger partial charge is 0.184 e. The fourth-order valence-corrected chi connectivity index (χ4v) is 5.95. The van der Waals surface area contributed by atoms with Gasteiger partial charge in [0.05, 0.1) is 5.41 Å². The first-order valence-electron chi connectivity index (χ1n) is 13.1. The lowest BCUT2D eigenvalue weighted by Crippen LogP contribution is -2.70. The van der Waals surface area contributed by atoms with Gasteiger partial charge in [0, 0.05) is 11.5 Å². The zero-order valence-corrected chi connectivity index (χ0v) is 23.6. The normalized spacial score (nSPS) is 28.3. The van der Waals surface area contributed by atoms with Crippen molar-refractivity contribution < 1.29 is 19.5 Å². The first-order valence-corrected chi connectivity index (χ1v) is 13.1. The molecule has 2 rings (SSSR count). The van der Waals surface area contributed by atoms with Gasteiger partial charge < -0.3 is 5.11 Å². The maximum absolute atomic E-state index is 14.6. The van der Waals surface area contributed by atoms with Gasteiger partial charge in [-0.1, -0.05) is 62.6 Å². The van der Waals surface area contributed by atoms with Crippen molar-refractivity contribution in [2.45, 2.75) is 101 Å². The van der Waals surface area contributed by atoms with Gasteiger partial charge in [0.15, 0.2) is 22.8 Å². The lowest BCUT2D eigenvalue weighted by Gasteiger charge is -2.60. The summed E-state index contributed by atoms with van der Waals surface area (Å²) in [5, 5.41) is 11.7. The summed E-state index contributed by atoms with van der Waals surface area (Å²) in [5.41, 5.74) is -0.521. The number of ketones is 3. The monoisotopic (exact) mass is 482 g/mol. The fraction of sp³-hybridized carbons (Fsp3) is 0.645. The number of hydrogen-bond acceptors (Lipinski definition) is 4. The summed E-state index contributed by atoms with van der Waals surface area (Å²) in [4.78, 5) is 43.3. The number of fused-ring (bicyclic) bond motifs is 2.